The Morgan fingerprint density at radius 3 is 2.28 bits per heavy atom. The summed E-state index contributed by atoms with van der Waals surface area (Å²) in [6.07, 6.45) is 0. The summed E-state index contributed by atoms with van der Waals surface area (Å²) in [5, 5.41) is 14.9. The molecule has 0 aromatic carbocycles. The molecule has 1 rings (SSSR count). The fourth-order valence-electron chi connectivity index (χ4n) is 1.87. The first-order valence-electron chi connectivity index (χ1n) is 6.28. The van der Waals surface area contributed by atoms with E-state index in [0.717, 1.165) is 0 Å². The average molecular weight is 257 g/mol. The quantitative estimate of drug-likeness (QED) is 0.658. The van der Waals surface area contributed by atoms with Crippen LogP contribution in [0.3, 0.4) is 0 Å². The van der Waals surface area contributed by atoms with E-state index in [4.69, 9.17) is 0 Å². The van der Waals surface area contributed by atoms with Crippen molar-refractivity contribution < 1.29 is 14.7 Å². The summed E-state index contributed by atoms with van der Waals surface area (Å²) in [7, 11) is 0. The van der Waals surface area contributed by atoms with E-state index >= 15 is 0 Å². The Bertz CT molecular complexity index is 323. The Morgan fingerprint density at radius 2 is 1.83 bits per heavy atom. The predicted octanol–water partition coefficient (Wildman–Crippen LogP) is -0.0767. The van der Waals surface area contributed by atoms with E-state index < -0.39 is 11.6 Å². The van der Waals surface area contributed by atoms with Crippen LogP contribution in [-0.2, 0) is 4.79 Å². The van der Waals surface area contributed by atoms with Gasteiger partial charge in [-0.05, 0) is 19.8 Å². The molecule has 0 radical (unpaired) electrons. The number of β-amino-alcohol motifs (C(OH)–C–C–N with tert-alkyl or cyclic N) is 1. The first-order valence-corrected chi connectivity index (χ1v) is 6.28. The van der Waals surface area contributed by atoms with Crippen molar-refractivity contribution in [1.82, 2.24) is 15.5 Å². The van der Waals surface area contributed by atoms with Gasteiger partial charge in [-0.2, -0.15) is 0 Å². The molecule has 3 amide bonds. The third-order valence-electron chi connectivity index (χ3n) is 3.11. The zero-order valence-corrected chi connectivity index (χ0v) is 11.5. The van der Waals surface area contributed by atoms with Gasteiger partial charge >= 0.3 is 6.03 Å². The van der Waals surface area contributed by atoms with E-state index in [0.29, 0.717) is 13.1 Å². The van der Waals surface area contributed by atoms with E-state index in [9.17, 15) is 14.7 Å². The van der Waals surface area contributed by atoms with Gasteiger partial charge in [0.05, 0.1) is 12.1 Å². The molecule has 3 N–H and O–H groups in total. The van der Waals surface area contributed by atoms with Crippen molar-refractivity contribution in [2.24, 2.45) is 5.92 Å². The molecule has 6 heteroatoms. The SMILES string of the molecule is CC(C)NC(=O)NC(=O)CN1CC(O)(C(C)C)C1. The summed E-state index contributed by atoms with van der Waals surface area (Å²) in [6, 6.07) is -0.484. The molecule has 1 aliphatic rings. The van der Waals surface area contributed by atoms with Crippen molar-refractivity contribution in [1.29, 1.82) is 0 Å². The number of nitrogens with one attached hydrogen (secondary N) is 2. The van der Waals surface area contributed by atoms with Gasteiger partial charge in [0.15, 0.2) is 0 Å². The highest BCUT2D eigenvalue weighted by Gasteiger charge is 2.43. The molecule has 0 unspecified atom stereocenters. The summed E-state index contributed by atoms with van der Waals surface area (Å²) >= 11 is 0. The molecule has 0 spiro atoms. The molecule has 1 saturated heterocycles. The topological polar surface area (TPSA) is 81.7 Å². The van der Waals surface area contributed by atoms with Crippen molar-refractivity contribution in [2.45, 2.75) is 39.3 Å². The second-order valence-electron chi connectivity index (χ2n) is 5.58. The van der Waals surface area contributed by atoms with Crippen LogP contribution in [0.4, 0.5) is 4.79 Å². The Hall–Kier alpha value is -1.14. The second-order valence-corrected chi connectivity index (χ2v) is 5.58. The second kappa shape index (κ2) is 5.67. The highest BCUT2D eigenvalue weighted by atomic mass is 16.3. The molecule has 0 aromatic rings. The zero-order valence-electron chi connectivity index (χ0n) is 11.5. The number of aliphatic hydroxyl groups is 1. The van der Waals surface area contributed by atoms with Gasteiger partial charge in [-0.15, -0.1) is 0 Å². The molecule has 6 nitrogen and oxygen atoms in total. The lowest BCUT2D eigenvalue weighted by molar-refractivity contribution is -0.141. The summed E-state index contributed by atoms with van der Waals surface area (Å²) in [5.74, 6) is -0.181. The Labute approximate surface area is 108 Å². The van der Waals surface area contributed by atoms with Crippen molar-refractivity contribution in [2.75, 3.05) is 19.6 Å². The van der Waals surface area contributed by atoms with Crippen LogP contribution in [0.2, 0.25) is 0 Å². The van der Waals surface area contributed by atoms with Crippen LogP contribution in [0.15, 0.2) is 0 Å². The van der Waals surface area contributed by atoms with E-state index in [1.54, 1.807) is 0 Å². The molecule has 1 heterocycles. The molecule has 1 fully saturated rings. The lowest BCUT2D eigenvalue weighted by Crippen LogP contribution is -2.66. The van der Waals surface area contributed by atoms with Crippen LogP contribution in [-0.4, -0.2) is 53.2 Å². The van der Waals surface area contributed by atoms with Crippen LogP contribution < -0.4 is 10.6 Å². The fraction of sp³-hybridized carbons (Fsp3) is 0.833. The molecular weight excluding hydrogens is 234 g/mol. The first kappa shape index (κ1) is 14.9. The first-order chi connectivity index (χ1) is 8.23. The minimum absolute atomic E-state index is 0.00663. The van der Waals surface area contributed by atoms with E-state index in [1.807, 2.05) is 32.6 Å². The van der Waals surface area contributed by atoms with Crippen LogP contribution >= 0.6 is 0 Å². The van der Waals surface area contributed by atoms with Crippen molar-refractivity contribution in [3.8, 4) is 0 Å². The molecule has 104 valence electrons. The number of carbonyl (C=O) groups is 2. The number of nitrogens with zero attached hydrogens (tertiary/aromatic N) is 1. The molecule has 0 aromatic heterocycles. The standard InChI is InChI=1S/C12H23N3O3/c1-8(2)12(18)6-15(7-12)5-10(16)14-11(17)13-9(3)4/h8-9,18H,5-7H2,1-4H3,(H2,13,14,16,17). The Kier molecular flexibility index (Phi) is 4.70. The van der Waals surface area contributed by atoms with Crippen molar-refractivity contribution in [3.63, 3.8) is 0 Å². The normalized spacial score (nSPS) is 18.6. The van der Waals surface area contributed by atoms with Gasteiger partial charge < -0.3 is 10.4 Å². The smallest absolute Gasteiger partial charge is 0.321 e. The highest BCUT2D eigenvalue weighted by molar-refractivity contribution is 5.95. The highest BCUT2D eigenvalue weighted by Crippen LogP contribution is 2.27. The summed E-state index contributed by atoms with van der Waals surface area (Å²) in [4.78, 5) is 24.6. The maximum absolute atomic E-state index is 11.5. The van der Waals surface area contributed by atoms with E-state index in [-0.39, 0.29) is 24.4 Å². The summed E-state index contributed by atoms with van der Waals surface area (Å²) in [5.41, 5.74) is -0.694. The lowest BCUT2D eigenvalue weighted by Gasteiger charge is -2.48. The van der Waals surface area contributed by atoms with Crippen molar-refractivity contribution >= 4 is 11.9 Å². The minimum Gasteiger partial charge on any atom is -0.387 e. The molecule has 1 aliphatic heterocycles. The summed E-state index contributed by atoms with van der Waals surface area (Å²) in [6.45, 7) is 8.64. The van der Waals surface area contributed by atoms with Gasteiger partial charge in [0.2, 0.25) is 5.91 Å². The third-order valence-corrected chi connectivity index (χ3v) is 3.11. The molecule has 18 heavy (non-hydrogen) atoms. The fourth-order valence-corrected chi connectivity index (χ4v) is 1.87. The maximum Gasteiger partial charge on any atom is 0.321 e. The Morgan fingerprint density at radius 1 is 1.28 bits per heavy atom. The van der Waals surface area contributed by atoms with Gasteiger partial charge in [-0.3, -0.25) is 15.0 Å². The van der Waals surface area contributed by atoms with Gasteiger partial charge in [0.1, 0.15) is 0 Å². The lowest BCUT2D eigenvalue weighted by atomic mass is 9.83. The van der Waals surface area contributed by atoms with Crippen LogP contribution in [0.1, 0.15) is 27.7 Å². The van der Waals surface area contributed by atoms with Gasteiger partial charge in [-0.1, -0.05) is 13.8 Å². The zero-order chi connectivity index (χ0) is 13.9. The molecule has 0 saturated carbocycles. The third kappa shape index (κ3) is 3.96. The monoisotopic (exact) mass is 257 g/mol. The number of urea groups is 1. The molecule has 0 atom stereocenters. The number of carbonyl (C=O) groups excluding carboxylic acids is 2. The average Bonchev–Trinajstić information content (AvgIpc) is 2.12. The molecule has 0 bridgehead atoms. The van der Waals surface area contributed by atoms with E-state index in [2.05, 4.69) is 10.6 Å². The minimum atomic E-state index is -0.694. The largest absolute Gasteiger partial charge is 0.387 e. The number of likely N-dealkylation sites (tertiary alicyclic amines) is 1. The van der Waals surface area contributed by atoms with Gasteiger partial charge in [0, 0.05) is 19.1 Å². The Balaban J connectivity index is 2.25. The van der Waals surface area contributed by atoms with Crippen LogP contribution in [0.5, 0.6) is 0 Å². The van der Waals surface area contributed by atoms with Crippen LogP contribution in [0, 0.1) is 5.92 Å². The number of rotatable bonds is 4. The van der Waals surface area contributed by atoms with E-state index in [1.165, 1.54) is 0 Å². The molecule has 0 aliphatic carbocycles. The van der Waals surface area contributed by atoms with Gasteiger partial charge in [-0.25, -0.2) is 4.79 Å². The summed E-state index contributed by atoms with van der Waals surface area (Å²) < 4.78 is 0. The molecular formula is C12H23N3O3. The van der Waals surface area contributed by atoms with Crippen molar-refractivity contribution in [3.05, 3.63) is 0 Å². The predicted molar refractivity (Wildman–Crippen MR) is 68.0 cm³/mol. The number of hydrogen-bond donors (Lipinski definition) is 3. The van der Waals surface area contributed by atoms with Gasteiger partial charge in [0.25, 0.3) is 0 Å². The number of imide groups is 1. The van der Waals surface area contributed by atoms with Crippen LogP contribution in [0.25, 0.3) is 0 Å². The maximum atomic E-state index is 11.5. The number of amides is 3. The number of hydrogen-bond acceptors (Lipinski definition) is 4.